The molecule has 8 nitrogen and oxygen atoms in total. The van der Waals surface area contributed by atoms with Gasteiger partial charge in [0.1, 0.15) is 29.7 Å². The number of fused-ring (bicyclic) bond motifs is 1. The Morgan fingerprint density at radius 2 is 2.00 bits per heavy atom. The lowest BCUT2D eigenvalue weighted by atomic mass is 10.1. The van der Waals surface area contributed by atoms with Crippen LogP contribution in [0.15, 0.2) is 23.8 Å². The molecule has 0 spiro atoms. The third-order valence-electron chi connectivity index (χ3n) is 5.18. The number of thiazole rings is 1. The van der Waals surface area contributed by atoms with E-state index in [1.807, 2.05) is 14.1 Å². The van der Waals surface area contributed by atoms with Gasteiger partial charge >= 0.3 is 6.18 Å². The standard InChI is InChI=1S/C22H26F3N5O3S/c1-30(2)6-3-7-32-15-10-16-19(17(11-15)33-14-4-8-31-9-5-14)20(27-13-26-16)29-21-28-18(12-34-21)22(23,24)25/h10-14H,3-9H2,1-2H3,(H,26,27,28,29). The Kier molecular flexibility index (Phi) is 7.69. The van der Waals surface area contributed by atoms with Crippen molar-refractivity contribution in [3.8, 4) is 11.5 Å². The van der Waals surface area contributed by atoms with Gasteiger partial charge < -0.3 is 24.4 Å². The van der Waals surface area contributed by atoms with Gasteiger partial charge in [-0.1, -0.05) is 0 Å². The number of anilines is 2. The fraction of sp³-hybridized carbons (Fsp3) is 0.500. The van der Waals surface area contributed by atoms with Crippen LogP contribution in [0.4, 0.5) is 24.1 Å². The maximum Gasteiger partial charge on any atom is 0.434 e. The van der Waals surface area contributed by atoms with Crippen LogP contribution in [0, 0.1) is 0 Å². The molecule has 0 unspecified atom stereocenters. The Morgan fingerprint density at radius 1 is 1.21 bits per heavy atom. The summed E-state index contributed by atoms with van der Waals surface area (Å²) in [4.78, 5) is 14.3. The van der Waals surface area contributed by atoms with Crippen LogP contribution in [0.2, 0.25) is 0 Å². The number of nitrogens with one attached hydrogen (secondary N) is 1. The average molecular weight is 498 g/mol. The van der Waals surface area contributed by atoms with Gasteiger partial charge in [0.15, 0.2) is 10.8 Å². The molecule has 0 bridgehead atoms. The number of hydrogen-bond acceptors (Lipinski definition) is 9. The number of rotatable bonds is 9. The van der Waals surface area contributed by atoms with E-state index < -0.39 is 11.9 Å². The van der Waals surface area contributed by atoms with Gasteiger partial charge in [0, 0.05) is 36.9 Å². The maximum absolute atomic E-state index is 13.0. The van der Waals surface area contributed by atoms with Crippen LogP contribution in [0.5, 0.6) is 11.5 Å². The van der Waals surface area contributed by atoms with E-state index in [0.29, 0.717) is 48.0 Å². The van der Waals surface area contributed by atoms with Gasteiger partial charge in [-0.15, -0.1) is 11.3 Å². The SMILES string of the molecule is CN(C)CCCOc1cc(OC2CCOCC2)c2c(Nc3nc(C(F)(F)F)cs3)ncnc2c1. The van der Waals surface area contributed by atoms with Crippen molar-refractivity contribution in [3.63, 3.8) is 0 Å². The van der Waals surface area contributed by atoms with Gasteiger partial charge in [-0.05, 0) is 20.5 Å². The van der Waals surface area contributed by atoms with Gasteiger partial charge in [-0.2, -0.15) is 13.2 Å². The number of ether oxygens (including phenoxy) is 3. The summed E-state index contributed by atoms with van der Waals surface area (Å²) in [6.07, 6.45) is -0.924. The third-order valence-corrected chi connectivity index (χ3v) is 5.93. The average Bonchev–Trinajstić information content (AvgIpc) is 3.26. The molecule has 1 aliphatic heterocycles. The first-order valence-electron chi connectivity index (χ1n) is 10.9. The molecule has 0 amide bonds. The Balaban J connectivity index is 1.65. The van der Waals surface area contributed by atoms with Gasteiger partial charge in [0.2, 0.25) is 0 Å². The quantitative estimate of drug-likeness (QED) is 0.425. The highest BCUT2D eigenvalue weighted by Crippen LogP contribution is 2.38. The molecule has 0 aliphatic carbocycles. The van der Waals surface area contributed by atoms with Gasteiger partial charge in [0.05, 0.1) is 30.7 Å². The highest BCUT2D eigenvalue weighted by Gasteiger charge is 2.34. The number of nitrogens with zero attached hydrogens (tertiary/aromatic N) is 4. The van der Waals surface area contributed by atoms with E-state index >= 15 is 0 Å². The number of aromatic nitrogens is 3. The molecule has 1 fully saturated rings. The minimum atomic E-state index is -4.51. The van der Waals surface area contributed by atoms with Crippen molar-refractivity contribution in [2.75, 3.05) is 45.8 Å². The largest absolute Gasteiger partial charge is 0.493 e. The summed E-state index contributed by atoms with van der Waals surface area (Å²) in [5.41, 5.74) is -0.400. The fourth-order valence-electron chi connectivity index (χ4n) is 3.51. The first kappa shape index (κ1) is 24.4. The molecular formula is C22H26F3N5O3S. The van der Waals surface area contributed by atoms with Crippen molar-refractivity contribution >= 4 is 33.2 Å². The molecule has 34 heavy (non-hydrogen) atoms. The van der Waals surface area contributed by atoms with Crippen LogP contribution >= 0.6 is 11.3 Å². The lowest BCUT2D eigenvalue weighted by Gasteiger charge is -2.24. The Hall–Kier alpha value is -2.70. The molecule has 4 rings (SSSR count). The Labute approximate surface area is 199 Å². The molecule has 184 valence electrons. The summed E-state index contributed by atoms with van der Waals surface area (Å²) < 4.78 is 56.6. The second kappa shape index (κ2) is 10.7. The van der Waals surface area contributed by atoms with E-state index in [4.69, 9.17) is 14.2 Å². The summed E-state index contributed by atoms with van der Waals surface area (Å²) in [6.45, 7) is 2.62. The second-order valence-corrected chi connectivity index (χ2v) is 8.99. The highest BCUT2D eigenvalue weighted by molar-refractivity contribution is 7.13. The summed E-state index contributed by atoms with van der Waals surface area (Å²) >= 11 is 0.852. The molecule has 0 atom stereocenters. The van der Waals surface area contributed by atoms with E-state index in [1.54, 1.807) is 12.1 Å². The normalized spacial score (nSPS) is 15.1. The zero-order valence-corrected chi connectivity index (χ0v) is 19.7. The minimum absolute atomic E-state index is 0.0642. The van der Waals surface area contributed by atoms with Crippen molar-refractivity contribution < 1.29 is 27.4 Å². The zero-order valence-electron chi connectivity index (χ0n) is 18.9. The number of benzene rings is 1. The molecule has 1 aromatic carbocycles. The number of alkyl halides is 3. The lowest BCUT2D eigenvalue weighted by Crippen LogP contribution is -2.26. The van der Waals surface area contributed by atoms with Crippen molar-refractivity contribution in [1.29, 1.82) is 0 Å². The Bertz CT molecular complexity index is 1100. The molecule has 3 aromatic rings. The van der Waals surface area contributed by atoms with Crippen LogP contribution in [0.25, 0.3) is 10.9 Å². The first-order valence-corrected chi connectivity index (χ1v) is 11.8. The van der Waals surface area contributed by atoms with E-state index in [2.05, 4.69) is 25.2 Å². The number of hydrogen-bond donors (Lipinski definition) is 1. The minimum Gasteiger partial charge on any atom is -0.493 e. The van der Waals surface area contributed by atoms with Gasteiger partial charge in [-0.25, -0.2) is 15.0 Å². The summed E-state index contributed by atoms with van der Waals surface area (Å²) in [5, 5.41) is 4.50. The summed E-state index contributed by atoms with van der Waals surface area (Å²) in [6, 6.07) is 3.56. The first-order chi connectivity index (χ1) is 16.3. The van der Waals surface area contributed by atoms with Crippen LogP contribution in [-0.2, 0) is 10.9 Å². The van der Waals surface area contributed by atoms with E-state index in [-0.39, 0.29) is 11.2 Å². The highest BCUT2D eigenvalue weighted by atomic mass is 32.1. The molecule has 2 aromatic heterocycles. The van der Waals surface area contributed by atoms with E-state index in [9.17, 15) is 13.2 Å². The van der Waals surface area contributed by atoms with Gasteiger partial charge in [-0.3, -0.25) is 0 Å². The topological polar surface area (TPSA) is 81.6 Å². The molecule has 1 N–H and O–H groups in total. The summed E-state index contributed by atoms with van der Waals surface area (Å²) in [5.74, 6) is 1.42. The monoisotopic (exact) mass is 497 g/mol. The molecule has 1 aliphatic rings. The summed E-state index contributed by atoms with van der Waals surface area (Å²) in [7, 11) is 4.00. The van der Waals surface area contributed by atoms with Crippen molar-refractivity contribution in [1.82, 2.24) is 19.9 Å². The predicted octanol–water partition coefficient (Wildman–Crippen LogP) is 4.74. The van der Waals surface area contributed by atoms with Crippen LogP contribution in [0.3, 0.4) is 0 Å². The van der Waals surface area contributed by atoms with Crippen molar-refractivity contribution in [3.05, 3.63) is 29.5 Å². The van der Waals surface area contributed by atoms with Crippen LogP contribution < -0.4 is 14.8 Å². The third kappa shape index (κ3) is 6.24. The zero-order chi connectivity index (χ0) is 24.1. The molecule has 3 heterocycles. The van der Waals surface area contributed by atoms with Crippen LogP contribution in [0.1, 0.15) is 25.0 Å². The van der Waals surface area contributed by atoms with Crippen molar-refractivity contribution in [2.45, 2.75) is 31.5 Å². The van der Waals surface area contributed by atoms with E-state index in [0.717, 1.165) is 42.5 Å². The predicted molar refractivity (Wildman–Crippen MR) is 123 cm³/mol. The fourth-order valence-corrected chi connectivity index (χ4v) is 4.22. The van der Waals surface area contributed by atoms with Crippen LogP contribution in [-0.4, -0.2) is 66.4 Å². The number of halogens is 3. The van der Waals surface area contributed by atoms with Crippen molar-refractivity contribution in [2.24, 2.45) is 0 Å². The Morgan fingerprint density at radius 3 is 2.71 bits per heavy atom. The molecule has 12 heteroatoms. The van der Waals surface area contributed by atoms with E-state index in [1.165, 1.54) is 6.33 Å². The smallest absolute Gasteiger partial charge is 0.434 e. The molecule has 0 radical (unpaired) electrons. The molecular weight excluding hydrogens is 471 g/mol. The second-order valence-electron chi connectivity index (χ2n) is 8.13. The maximum atomic E-state index is 13.0. The molecule has 0 saturated carbocycles. The van der Waals surface area contributed by atoms with Gasteiger partial charge in [0.25, 0.3) is 0 Å². The molecule has 1 saturated heterocycles. The lowest BCUT2D eigenvalue weighted by molar-refractivity contribution is -0.140.